The Kier molecular flexibility index (Phi) is 3.46. The van der Waals surface area contributed by atoms with Crippen molar-refractivity contribution in [1.29, 1.82) is 0 Å². The van der Waals surface area contributed by atoms with Crippen molar-refractivity contribution >= 4 is 5.69 Å². The first-order valence-electron chi connectivity index (χ1n) is 6.91. The number of nitrogens with one attached hydrogen (secondary N) is 1. The zero-order valence-corrected chi connectivity index (χ0v) is 11.6. The van der Waals surface area contributed by atoms with E-state index in [0.29, 0.717) is 17.4 Å². The Bertz CT molecular complexity index is 362. The van der Waals surface area contributed by atoms with Crippen molar-refractivity contribution in [3.63, 3.8) is 0 Å². The lowest BCUT2D eigenvalue weighted by Gasteiger charge is -2.22. The SMILES string of the molecule is CCC(C)c1ccc(NC(C)C2(C)CC2)cc1. The first-order valence-corrected chi connectivity index (χ1v) is 6.91. The van der Waals surface area contributed by atoms with Gasteiger partial charge in [0.15, 0.2) is 0 Å². The fraction of sp³-hybridized carbons (Fsp3) is 0.625. The smallest absolute Gasteiger partial charge is 0.0342 e. The van der Waals surface area contributed by atoms with Gasteiger partial charge in [0.2, 0.25) is 0 Å². The Hall–Kier alpha value is -0.980. The molecule has 1 N–H and O–H groups in total. The predicted octanol–water partition coefficient (Wildman–Crippen LogP) is 4.80. The highest BCUT2D eigenvalue weighted by Gasteiger charge is 2.42. The summed E-state index contributed by atoms with van der Waals surface area (Å²) in [5.74, 6) is 0.669. The van der Waals surface area contributed by atoms with E-state index in [0.717, 1.165) is 0 Å². The van der Waals surface area contributed by atoms with Gasteiger partial charge < -0.3 is 5.32 Å². The van der Waals surface area contributed by atoms with Crippen LogP contribution in [0, 0.1) is 5.41 Å². The summed E-state index contributed by atoms with van der Waals surface area (Å²) >= 11 is 0. The van der Waals surface area contributed by atoms with Gasteiger partial charge in [0.1, 0.15) is 0 Å². The van der Waals surface area contributed by atoms with Crippen molar-refractivity contribution in [2.75, 3.05) is 5.32 Å². The average molecular weight is 231 g/mol. The van der Waals surface area contributed by atoms with Crippen LogP contribution >= 0.6 is 0 Å². The fourth-order valence-corrected chi connectivity index (χ4v) is 2.20. The highest BCUT2D eigenvalue weighted by Crippen LogP contribution is 2.48. The molecule has 2 atom stereocenters. The summed E-state index contributed by atoms with van der Waals surface area (Å²) in [6, 6.07) is 9.56. The van der Waals surface area contributed by atoms with Crippen molar-refractivity contribution in [3.8, 4) is 0 Å². The van der Waals surface area contributed by atoms with Crippen LogP contribution in [0.5, 0.6) is 0 Å². The van der Waals surface area contributed by atoms with Gasteiger partial charge in [0, 0.05) is 11.7 Å². The maximum absolute atomic E-state index is 3.63. The van der Waals surface area contributed by atoms with Gasteiger partial charge in [0.25, 0.3) is 0 Å². The quantitative estimate of drug-likeness (QED) is 0.767. The van der Waals surface area contributed by atoms with Gasteiger partial charge in [0.05, 0.1) is 0 Å². The Morgan fingerprint density at radius 3 is 2.24 bits per heavy atom. The molecule has 1 saturated carbocycles. The Morgan fingerprint density at radius 2 is 1.76 bits per heavy atom. The van der Waals surface area contributed by atoms with E-state index in [1.165, 1.54) is 30.5 Å². The lowest BCUT2D eigenvalue weighted by atomic mass is 9.97. The lowest BCUT2D eigenvalue weighted by molar-refractivity contribution is 0.493. The minimum Gasteiger partial charge on any atom is -0.382 e. The van der Waals surface area contributed by atoms with Crippen LogP contribution in [0.4, 0.5) is 5.69 Å². The van der Waals surface area contributed by atoms with Crippen LogP contribution < -0.4 is 5.32 Å². The molecule has 1 nitrogen and oxygen atoms in total. The van der Waals surface area contributed by atoms with Crippen LogP contribution in [-0.4, -0.2) is 6.04 Å². The molecule has 0 radical (unpaired) electrons. The van der Waals surface area contributed by atoms with Crippen molar-refractivity contribution in [1.82, 2.24) is 0 Å². The van der Waals surface area contributed by atoms with E-state index in [1.807, 2.05) is 0 Å². The molecule has 1 aromatic carbocycles. The van der Waals surface area contributed by atoms with Crippen LogP contribution in [0.15, 0.2) is 24.3 Å². The van der Waals surface area contributed by atoms with E-state index >= 15 is 0 Å². The zero-order chi connectivity index (χ0) is 12.5. The molecule has 1 aromatic rings. The van der Waals surface area contributed by atoms with E-state index in [1.54, 1.807) is 0 Å². The van der Waals surface area contributed by atoms with Crippen molar-refractivity contribution in [2.45, 2.75) is 58.9 Å². The molecule has 0 aliphatic heterocycles. The van der Waals surface area contributed by atoms with E-state index in [9.17, 15) is 0 Å². The van der Waals surface area contributed by atoms with Crippen LogP contribution in [0.1, 0.15) is 58.4 Å². The summed E-state index contributed by atoms with van der Waals surface area (Å²) in [4.78, 5) is 0. The Labute approximate surface area is 106 Å². The predicted molar refractivity (Wildman–Crippen MR) is 75.6 cm³/mol. The highest BCUT2D eigenvalue weighted by atomic mass is 14.9. The Morgan fingerprint density at radius 1 is 1.18 bits per heavy atom. The van der Waals surface area contributed by atoms with Gasteiger partial charge in [-0.15, -0.1) is 0 Å². The third-order valence-corrected chi connectivity index (χ3v) is 4.56. The van der Waals surface area contributed by atoms with Crippen molar-refractivity contribution in [3.05, 3.63) is 29.8 Å². The molecular formula is C16H25N. The standard InChI is InChI=1S/C16H25N/c1-5-12(2)14-6-8-15(9-7-14)17-13(3)16(4)10-11-16/h6-9,12-13,17H,5,10-11H2,1-4H3. The first-order chi connectivity index (χ1) is 8.05. The lowest BCUT2D eigenvalue weighted by Crippen LogP contribution is -2.24. The van der Waals surface area contributed by atoms with E-state index < -0.39 is 0 Å². The molecule has 0 bridgehead atoms. The third-order valence-electron chi connectivity index (χ3n) is 4.56. The molecule has 0 heterocycles. The fourth-order valence-electron chi connectivity index (χ4n) is 2.20. The van der Waals surface area contributed by atoms with Gasteiger partial charge in [-0.05, 0) is 55.2 Å². The number of benzene rings is 1. The molecule has 0 spiro atoms. The van der Waals surface area contributed by atoms with Gasteiger partial charge in [-0.1, -0.05) is 32.9 Å². The second-order valence-corrected chi connectivity index (χ2v) is 5.95. The minimum absolute atomic E-state index is 0.537. The summed E-state index contributed by atoms with van der Waals surface area (Å²) in [5.41, 5.74) is 3.25. The molecular weight excluding hydrogens is 206 g/mol. The molecule has 0 amide bonds. The van der Waals surface area contributed by atoms with E-state index in [4.69, 9.17) is 0 Å². The van der Waals surface area contributed by atoms with Gasteiger partial charge in [-0.3, -0.25) is 0 Å². The summed E-state index contributed by atoms with van der Waals surface area (Å²) in [6.07, 6.45) is 3.94. The molecule has 1 fully saturated rings. The van der Waals surface area contributed by atoms with Gasteiger partial charge >= 0.3 is 0 Å². The van der Waals surface area contributed by atoms with Crippen LogP contribution in [0.3, 0.4) is 0 Å². The molecule has 17 heavy (non-hydrogen) atoms. The van der Waals surface area contributed by atoms with Gasteiger partial charge in [-0.25, -0.2) is 0 Å². The third kappa shape index (κ3) is 2.83. The molecule has 0 saturated heterocycles. The van der Waals surface area contributed by atoms with Crippen molar-refractivity contribution < 1.29 is 0 Å². The Balaban J connectivity index is 1.98. The monoisotopic (exact) mass is 231 g/mol. The number of rotatable bonds is 5. The van der Waals surface area contributed by atoms with E-state index in [2.05, 4.69) is 57.3 Å². The van der Waals surface area contributed by atoms with Gasteiger partial charge in [-0.2, -0.15) is 0 Å². The van der Waals surface area contributed by atoms with Crippen molar-refractivity contribution in [2.24, 2.45) is 5.41 Å². The number of hydrogen-bond acceptors (Lipinski definition) is 1. The summed E-state index contributed by atoms with van der Waals surface area (Å²) in [7, 11) is 0. The average Bonchev–Trinajstić information content (AvgIpc) is 3.09. The molecule has 0 aromatic heterocycles. The van der Waals surface area contributed by atoms with Crippen LogP contribution in [-0.2, 0) is 0 Å². The first kappa shape index (κ1) is 12.5. The maximum atomic E-state index is 3.63. The second-order valence-electron chi connectivity index (χ2n) is 5.95. The highest BCUT2D eigenvalue weighted by molar-refractivity contribution is 5.46. The normalized spacial score (nSPS) is 20.7. The number of hydrogen-bond donors (Lipinski definition) is 1. The van der Waals surface area contributed by atoms with E-state index in [-0.39, 0.29) is 0 Å². The summed E-state index contributed by atoms with van der Waals surface area (Å²) in [5, 5.41) is 3.63. The summed E-state index contributed by atoms with van der Waals surface area (Å²) < 4.78 is 0. The zero-order valence-electron chi connectivity index (χ0n) is 11.6. The largest absolute Gasteiger partial charge is 0.382 e. The molecule has 94 valence electrons. The molecule has 2 unspecified atom stereocenters. The molecule has 1 aliphatic rings. The maximum Gasteiger partial charge on any atom is 0.0342 e. The molecule has 2 rings (SSSR count). The summed E-state index contributed by atoms with van der Waals surface area (Å²) in [6.45, 7) is 9.21. The van der Waals surface area contributed by atoms with Crippen LogP contribution in [0.25, 0.3) is 0 Å². The van der Waals surface area contributed by atoms with Crippen LogP contribution in [0.2, 0.25) is 0 Å². The topological polar surface area (TPSA) is 12.0 Å². The number of anilines is 1. The molecule has 1 heteroatoms. The minimum atomic E-state index is 0.537. The molecule has 1 aliphatic carbocycles. The second kappa shape index (κ2) is 4.72.